The third kappa shape index (κ3) is 5.33. The Morgan fingerprint density at radius 1 is 1.47 bits per heavy atom. The Labute approximate surface area is 103 Å². The second-order valence-electron chi connectivity index (χ2n) is 4.61. The summed E-state index contributed by atoms with van der Waals surface area (Å²) in [7, 11) is 0. The Morgan fingerprint density at radius 3 is 2.88 bits per heavy atom. The lowest BCUT2D eigenvalue weighted by Crippen LogP contribution is -2.13. The first-order valence-corrected chi connectivity index (χ1v) is 6.09. The van der Waals surface area contributed by atoms with Crippen LogP contribution in [-0.2, 0) is 0 Å². The van der Waals surface area contributed by atoms with E-state index in [0.29, 0.717) is 5.69 Å². The number of nitrogens with zero attached hydrogens (tertiary/aromatic N) is 1. The van der Waals surface area contributed by atoms with E-state index in [0.717, 1.165) is 24.6 Å². The molecule has 0 unspecified atom stereocenters. The van der Waals surface area contributed by atoms with Crippen LogP contribution in [0.2, 0.25) is 0 Å². The molecule has 4 heteroatoms. The van der Waals surface area contributed by atoms with Gasteiger partial charge in [0.15, 0.2) is 0 Å². The maximum atomic E-state index is 10.9. The molecule has 1 aromatic heterocycles. The van der Waals surface area contributed by atoms with Gasteiger partial charge in [-0.05, 0) is 24.5 Å². The lowest BCUT2D eigenvalue weighted by Gasteiger charge is -2.07. The lowest BCUT2D eigenvalue weighted by molar-refractivity contribution is 0.0995. The van der Waals surface area contributed by atoms with Gasteiger partial charge in [0, 0.05) is 18.4 Å². The highest BCUT2D eigenvalue weighted by Crippen LogP contribution is 2.09. The molecule has 3 N–H and O–H groups in total. The summed E-state index contributed by atoms with van der Waals surface area (Å²) in [5.74, 6) is 0.269. The van der Waals surface area contributed by atoms with Gasteiger partial charge in [-0.25, -0.2) is 0 Å². The molecule has 0 radical (unpaired) electrons. The van der Waals surface area contributed by atoms with E-state index in [1.165, 1.54) is 12.8 Å². The molecule has 0 aliphatic heterocycles. The fourth-order valence-electron chi connectivity index (χ4n) is 1.59. The molecule has 0 aliphatic rings. The van der Waals surface area contributed by atoms with E-state index in [2.05, 4.69) is 24.1 Å². The Kier molecular flexibility index (Phi) is 5.46. The first kappa shape index (κ1) is 13.5. The van der Waals surface area contributed by atoms with Gasteiger partial charge in [0.05, 0.1) is 0 Å². The van der Waals surface area contributed by atoms with Crippen LogP contribution in [0.5, 0.6) is 0 Å². The van der Waals surface area contributed by atoms with Crippen molar-refractivity contribution in [1.29, 1.82) is 0 Å². The number of nitrogens with two attached hydrogens (primary N) is 1. The molecule has 0 aliphatic carbocycles. The zero-order chi connectivity index (χ0) is 12.7. The van der Waals surface area contributed by atoms with Crippen molar-refractivity contribution in [3.63, 3.8) is 0 Å². The van der Waals surface area contributed by atoms with Crippen LogP contribution in [0.4, 0.5) is 5.69 Å². The van der Waals surface area contributed by atoms with Crippen LogP contribution in [0.15, 0.2) is 18.3 Å². The minimum absolute atomic E-state index is 0.303. The van der Waals surface area contributed by atoms with E-state index < -0.39 is 5.91 Å². The molecule has 0 bridgehead atoms. The lowest BCUT2D eigenvalue weighted by atomic mass is 10.1. The quantitative estimate of drug-likeness (QED) is 0.713. The van der Waals surface area contributed by atoms with Gasteiger partial charge in [0.25, 0.3) is 5.91 Å². The number of carbonyl (C=O) groups is 1. The largest absolute Gasteiger partial charge is 0.385 e. The van der Waals surface area contributed by atoms with Gasteiger partial charge >= 0.3 is 0 Å². The van der Waals surface area contributed by atoms with Crippen LogP contribution >= 0.6 is 0 Å². The summed E-state index contributed by atoms with van der Waals surface area (Å²) >= 11 is 0. The highest BCUT2D eigenvalue weighted by molar-refractivity contribution is 5.91. The molecular weight excluding hydrogens is 214 g/mol. The van der Waals surface area contributed by atoms with Crippen LogP contribution in [0, 0.1) is 5.92 Å². The molecule has 0 fully saturated rings. The predicted molar refractivity (Wildman–Crippen MR) is 69.9 cm³/mol. The van der Waals surface area contributed by atoms with Crippen molar-refractivity contribution in [2.75, 3.05) is 11.9 Å². The molecule has 0 spiro atoms. The minimum atomic E-state index is -0.492. The predicted octanol–water partition coefficient (Wildman–Crippen LogP) is 2.42. The van der Waals surface area contributed by atoms with E-state index in [9.17, 15) is 4.79 Å². The summed E-state index contributed by atoms with van der Waals surface area (Å²) in [6.07, 6.45) is 5.20. The van der Waals surface area contributed by atoms with Crippen molar-refractivity contribution in [3.05, 3.63) is 24.0 Å². The van der Waals surface area contributed by atoms with Crippen LogP contribution < -0.4 is 11.1 Å². The number of nitrogens with one attached hydrogen (secondary N) is 1. The smallest absolute Gasteiger partial charge is 0.267 e. The average Bonchev–Trinajstić information content (AvgIpc) is 2.28. The van der Waals surface area contributed by atoms with Gasteiger partial charge in [0.2, 0.25) is 0 Å². The molecule has 1 amide bonds. The number of unbranched alkanes of at least 4 members (excludes halogenated alkanes) is 1. The van der Waals surface area contributed by atoms with E-state index >= 15 is 0 Å². The molecule has 0 saturated carbocycles. The Hall–Kier alpha value is -1.58. The monoisotopic (exact) mass is 235 g/mol. The van der Waals surface area contributed by atoms with Crippen molar-refractivity contribution in [1.82, 2.24) is 4.98 Å². The van der Waals surface area contributed by atoms with Gasteiger partial charge < -0.3 is 11.1 Å². The zero-order valence-electron chi connectivity index (χ0n) is 10.6. The van der Waals surface area contributed by atoms with Gasteiger partial charge in [-0.15, -0.1) is 0 Å². The SMILES string of the molecule is CC(C)CCCCNc1ccnc(C(N)=O)c1. The summed E-state index contributed by atoms with van der Waals surface area (Å²) in [5.41, 5.74) is 6.37. The van der Waals surface area contributed by atoms with Crippen LogP contribution in [0.25, 0.3) is 0 Å². The van der Waals surface area contributed by atoms with Crippen molar-refractivity contribution in [2.45, 2.75) is 33.1 Å². The second-order valence-corrected chi connectivity index (χ2v) is 4.61. The number of primary amides is 1. The van der Waals surface area contributed by atoms with E-state index in [1.807, 2.05) is 6.07 Å². The number of aromatic nitrogens is 1. The summed E-state index contributed by atoms with van der Waals surface area (Å²) < 4.78 is 0. The summed E-state index contributed by atoms with van der Waals surface area (Å²) in [4.78, 5) is 14.8. The standard InChI is InChI=1S/C13H21N3O/c1-10(2)5-3-4-7-15-11-6-8-16-12(9-11)13(14)17/h6,8-10H,3-5,7H2,1-2H3,(H2,14,17)(H,15,16). The Morgan fingerprint density at radius 2 is 2.24 bits per heavy atom. The normalized spacial score (nSPS) is 10.5. The first-order valence-electron chi connectivity index (χ1n) is 6.09. The topological polar surface area (TPSA) is 68.0 Å². The second kappa shape index (κ2) is 6.89. The maximum Gasteiger partial charge on any atom is 0.267 e. The molecular formula is C13H21N3O. The number of hydrogen-bond donors (Lipinski definition) is 2. The Balaban J connectivity index is 2.31. The van der Waals surface area contributed by atoms with Crippen molar-refractivity contribution in [2.24, 2.45) is 11.7 Å². The van der Waals surface area contributed by atoms with E-state index in [1.54, 1.807) is 12.3 Å². The van der Waals surface area contributed by atoms with Gasteiger partial charge in [-0.3, -0.25) is 9.78 Å². The fourth-order valence-corrected chi connectivity index (χ4v) is 1.59. The number of rotatable bonds is 7. The highest BCUT2D eigenvalue weighted by Gasteiger charge is 2.02. The summed E-state index contributed by atoms with van der Waals surface area (Å²) in [6, 6.07) is 3.53. The molecule has 0 atom stereocenters. The third-order valence-corrected chi connectivity index (χ3v) is 2.55. The van der Waals surface area contributed by atoms with Crippen LogP contribution in [-0.4, -0.2) is 17.4 Å². The van der Waals surface area contributed by atoms with Crippen molar-refractivity contribution < 1.29 is 4.79 Å². The average molecular weight is 235 g/mol. The van der Waals surface area contributed by atoms with Crippen molar-refractivity contribution >= 4 is 11.6 Å². The molecule has 0 aromatic carbocycles. The molecule has 17 heavy (non-hydrogen) atoms. The summed E-state index contributed by atoms with van der Waals surface area (Å²) in [5, 5.41) is 3.27. The molecule has 94 valence electrons. The number of amides is 1. The molecule has 4 nitrogen and oxygen atoms in total. The Bertz CT molecular complexity index is 363. The molecule has 0 saturated heterocycles. The third-order valence-electron chi connectivity index (χ3n) is 2.55. The number of anilines is 1. The number of pyridine rings is 1. The first-order chi connectivity index (χ1) is 8.09. The molecule has 1 rings (SSSR count). The van der Waals surface area contributed by atoms with Crippen molar-refractivity contribution in [3.8, 4) is 0 Å². The van der Waals surface area contributed by atoms with Crippen LogP contribution in [0.3, 0.4) is 0 Å². The molecule has 1 heterocycles. The van der Waals surface area contributed by atoms with E-state index in [4.69, 9.17) is 5.73 Å². The number of carbonyl (C=O) groups excluding carboxylic acids is 1. The van der Waals surface area contributed by atoms with Gasteiger partial charge in [-0.1, -0.05) is 26.7 Å². The number of hydrogen-bond acceptors (Lipinski definition) is 3. The van der Waals surface area contributed by atoms with Gasteiger partial charge in [-0.2, -0.15) is 0 Å². The van der Waals surface area contributed by atoms with Gasteiger partial charge in [0.1, 0.15) is 5.69 Å². The zero-order valence-corrected chi connectivity index (χ0v) is 10.6. The highest BCUT2D eigenvalue weighted by atomic mass is 16.1. The summed E-state index contributed by atoms with van der Waals surface area (Å²) in [6.45, 7) is 5.37. The maximum absolute atomic E-state index is 10.9. The minimum Gasteiger partial charge on any atom is -0.385 e. The van der Waals surface area contributed by atoms with E-state index in [-0.39, 0.29) is 0 Å². The van der Waals surface area contributed by atoms with Crippen LogP contribution in [0.1, 0.15) is 43.6 Å². The molecule has 1 aromatic rings. The fraction of sp³-hybridized carbons (Fsp3) is 0.538.